The van der Waals surface area contributed by atoms with Crippen LogP contribution in [0, 0.1) is 6.92 Å². The minimum atomic E-state index is -3.85. The lowest BCUT2D eigenvalue weighted by Crippen LogP contribution is -2.23. The maximum absolute atomic E-state index is 12.1. The Balaban J connectivity index is 2.18. The average Bonchev–Trinajstić information content (AvgIpc) is 2.81. The van der Waals surface area contributed by atoms with E-state index in [0.717, 1.165) is 11.6 Å². The Morgan fingerprint density at radius 1 is 1.33 bits per heavy atom. The van der Waals surface area contributed by atoms with Gasteiger partial charge < -0.3 is 9.52 Å². The van der Waals surface area contributed by atoms with Crippen molar-refractivity contribution in [1.82, 2.24) is 4.72 Å². The number of hydrogen-bond acceptors (Lipinski definition) is 4. The van der Waals surface area contributed by atoms with Gasteiger partial charge in [0, 0.05) is 17.6 Å². The molecule has 0 aliphatic carbocycles. The van der Waals surface area contributed by atoms with E-state index in [0.29, 0.717) is 5.02 Å². The predicted octanol–water partition coefficient (Wildman–Crippen LogP) is 2.42. The van der Waals surface area contributed by atoms with Crippen LogP contribution in [0.5, 0.6) is 0 Å². The summed E-state index contributed by atoms with van der Waals surface area (Å²) in [7, 11) is -3.85. The van der Waals surface area contributed by atoms with E-state index in [4.69, 9.17) is 21.1 Å². The normalized spacial score (nSPS) is 11.5. The highest BCUT2D eigenvalue weighted by atomic mass is 35.5. The van der Waals surface area contributed by atoms with Gasteiger partial charge in [-0.15, -0.1) is 0 Å². The number of aromatic carboxylic acids is 1. The molecule has 0 fully saturated rings. The van der Waals surface area contributed by atoms with Crippen LogP contribution in [0.25, 0.3) is 0 Å². The molecular formula is C13H12ClNO5S. The molecule has 0 aliphatic rings. The Labute approximate surface area is 126 Å². The zero-order valence-corrected chi connectivity index (χ0v) is 12.5. The average molecular weight is 330 g/mol. The molecular weight excluding hydrogens is 318 g/mol. The highest BCUT2D eigenvalue weighted by Gasteiger charge is 2.23. The summed E-state index contributed by atoms with van der Waals surface area (Å²) in [6.45, 7) is 1.45. The SMILES string of the molecule is Cc1oc(C(=O)O)cc1S(=O)(=O)NCc1ccc(Cl)cc1. The summed E-state index contributed by atoms with van der Waals surface area (Å²) in [5, 5.41) is 9.35. The molecule has 0 unspecified atom stereocenters. The molecule has 2 N–H and O–H groups in total. The van der Waals surface area contributed by atoms with Crippen molar-refractivity contribution in [3.8, 4) is 0 Å². The number of aryl methyl sites for hydroxylation is 1. The number of carboxylic acids is 1. The lowest BCUT2D eigenvalue weighted by atomic mass is 10.2. The first-order valence-corrected chi connectivity index (χ1v) is 7.73. The fraction of sp³-hybridized carbons (Fsp3) is 0.154. The zero-order valence-electron chi connectivity index (χ0n) is 11.0. The van der Waals surface area contributed by atoms with Crippen molar-refractivity contribution in [1.29, 1.82) is 0 Å². The number of hydrogen-bond donors (Lipinski definition) is 2. The third-order valence-electron chi connectivity index (χ3n) is 2.75. The molecule has 21 heavy (non-hydrogen) atoms. The number of furan rings is 1. The second-order valence-electron chi connectivity index (χ2n) is 4.29. The molecule has 0 spiro atoms. The Morgan fingerprint density at radius 3 is 2.48 bits per heavy atom. The third kappa shape index (κ3) is 3.63. The standard InChI is InChI=1S/C13H12ClNO5S/c1-8-12(6-11(20-8)13(16)17)21(18,19)15-7-9-2-4-10(14)5-3-9/h2-6,15H,7H2,1H3,(H,16,17). The Kier molecular flexibility index (Phi) is 4.36. The van der Waals surface area contributed by atoms with Gasteiger partial charge in [-0.05, 0) is 24.6 Å². The number of carbonyl (C=O) groups is 1. The van der Waals surface area contributed by atoms with E-state index in [-0.39, 0.29) is 17.2 Å². The summed E-state index contributed by atoms with van der Waals surface area (Å²) in [4.78, 5) is 10.6. The Bertz CT molecular complexity index is 764. The molecule has 0 amide bonds. The highest BCUT2D eigenvalue weighted by Crippen LogP contribution is 2.20. The molecule has 0 aliphatic heterocycles. The molecule has 2 rings (SSSR count). The van der Waals surface area contributed by atoms with Crippen molar-refractivity contribution >= 4 is 27.6 Å². The smallest absolute Gasteiger partial charge is 0.371 e. The van der Waals surface area contributed by atoms with E-state index >= 15 is 0 Å². The van der Waals surface area contributed by atoms with Crippen molar-refractivity contribution in [3.63, 3.8) is 0 Å². The molecule has 0 saturated heterocycles. The van der Waals surface area contributed by atoms with Crippen molar-refractivity contribution in [2.24, 2.45) is 0 Å². The summed E-state index contributed by atoms with van der Waals surface area (Å²) >= 11 is 5.74. The summed E-state index contributed by atoms with van der Waals surface area (Å²) in [5.41, 5.74) is 0.725. The van der Waals surface area contributed by atoms with E-state index in [9.17, 15) is 13.2 Å². The van der Waals surface area contributed by atoms with Crippen LogP contribution in [-0.2, 0) is 16.6 Å². The van der Waals surface area contributed by atoms with Crippen LogP contribution in [-0.4, -0.2) is 19.5 Å². The van der Waals surface area contributed by atoms with Gasteiger partial charge in [-0.2, -0.15) is 0 Å². The molecule has 0 radical (unpaired) electrons. The molecule has 0 saturated carbocycles. The first-order chi connectivity index (χ1) is 9.79. The number of sulfonamides is 1. The van der Waals surface area contributed by atoms with Crippen LogP contribution in [0.2, 0.25) is 5.02 Å². The summed E-state index contributed by atoms with van der Waals surface area (Å²) in [5.74, 6) is -1.72. The maximum Gasteiger partial charge on any atom is 0.371 e. The van der Waals surface area contributed by atoms with Gasteiger partial charge in [0.1, 0.15) is 10.7 Å². The van der Waals surface area contributed by atoms with Gasteiger partial charge in [0.05, 0.1) is 0 Å². The first kappa shape index (κ1) is 15.6. The van der Waals surface area contributed by atoms with Gasteiger partial charge >= 0.3 is 5.97 Å². The largest absolute Gasteiger partial charge is 0.475 e. The van der Waals surface area contributed by atoms with Crippen molar-refractivity contribution in [2.45, 2.75) is 18.4 Å². The number of nitrogens with one attached hydrogen (secondary N) is 1. The van der Waals surface area contributed by atoms with Gasteiger partial charge in [-0.25, -0.2) is 17.9 Å². The molecule has 1 heterocycles. The van der Waals surface area contributed by atoms with Gasteiger partial charge in [0.15, 0.2) is 0 Å². The van der Waals surface area contributed by atoms with E-state index in [1.165, 1.54) is 6.92 Å². The first-order valence-electron chi connectivity index (χ1n) is 5.87. The van der Waals surface area contributed by atoms with Gasteiger partial charge in [-0.1, -0.05) is 23.7 Å². The van der Waals surface area contributed by atoms with E-state index in [2.05, 4.69) is 4.72 Å². The van der Waals surface area contributed by atoms with Crippen molar-refractivity contribution in [2.75, 3.05) is 0 Å². The fourth-order valence-electron chi connectivity index (χ4n) is 1.70. The predicted molar refractivity (Wildman–Crippen MR) is 75.9 cm³/mol. The molecule has 2 aromatic rings. The van der Waals surface area contributed by atoms with Crippen LogP contribution in [0.15, 0.2) is 39.6 Å². The Morgan fingerprint density at radius 2 is 1.95 bits per heavy atom. The Hall–Kier alpha value is -1.83. The minimum Gasteiger partial charge on any atom is -0.475 e. The van der Waals surface area contributed by atoms with E-state index < -0.39 is 21.8 Å². The molecule has 6 nitrogen and oxygen atoms in total. The van der Waals surface area contributed by atoms with Crippen LogP contribution in [0.3, 0.4) is 0 Å². The zero-order chi connectivity index (χ0) is 15.6. The summed E-state index contributed by atoms with van der Waals surface area (Å²) in [6.07, 6.45) is 0. The van der Waals surface area contributed by atoms with Crippen molar-refractivity contribution < 1.29 is 22.7 Å². The van der Waals surface area contributed by atoms with Gasteiger partial charge in [0.25, 0.3) is 0 Å². The lowest BCUT2D eigenvalue weighted by Gasteiger charge is -2.05. The van der Waals surface area contributed by atoms with Crippen LogP contribution in [0.1, 0.15) is 21.9 Å². The van der Waals surface area contributed by atoms with Crippen LogP contribution < -0.4 is 4.72 Å². The second-order valence-corrected chi connectivity index (χ2v) is 6.46. The number of halogens is 1. The van der Waals surface area contributed by atoms with Crippen LogP contribution >= 0.6 is 11.6 Å². The highest BCUT2D eigenvalue weighted by molar-refractivity contribution is 7.89. The van der Waals surface area contributed by atoms with E-state index in [1.54, 1.807) is 24.3 Å². The van der Waals surface area contributed by atoms with Gasteiger partial charge in [0.2, 0.25) is 15.8 Å². The van der Waals surface area contributed by atoms with E-state index in [1.807, 2.05) is 0 Å². The fourth-order valence-corrected chi connectivity index (χ4v) is 3.02. The molecule has 1 aromatic carbocycles. The van der Waals surface area contributed by atoms with Crippen LogP contribution in [0.4, 0.5) is 0 Å². The molecule has 8 heteroatoms. The number of benzene rings is 1. The van der Waals surface area contributed by atoms with Gasteiger partial charge in [-0.3, -0.25) is 0 Å². The topological polar surface area (TPSA) is 96.6 Å². The monoisotopic (exact) mass is 329 g/mol. The lowest BCUT2D eigenvalue weighted by molar-refractivity contribution is 0.0661. The van der Waals surface area contributed by atoms with Crippen molar-refractivity contribution in [3.05, 3.63) is 52.4 Å². The summed E-state index contributed by atoms with van der Waals surface area (Å²) < 4.78 is 31.6. The molecule has 0 atom stereocenters. The summed E-state index contributed by atoms with van der Waals surface area (Å²) in [6, 6.07) is 7.67. The molecule has 0 bridgehead atoms. The third-order valence-corrected chi connectivity index (χ3v) is 4.51. The maximum atomic E-state index is 12.1. The number of carboxylic acid groups (broad SMARTS) is 1. The quantitative estimate of drug-likeness (QED) is 0.878. The molecule has 1 aromatic heterocycles. The molecule has 112 valence electrons. The minimum absolute atomic E-state index is 0.0241. The number of rotatable bonds is 5. The second kappa shape index (κ2) is 5.88.